The topological polar surface area (TPSA) is 42.4 Å². The second-order valence-electron chi connectivity index (χ2n) is 7.15. The molecule has 0 radical (unpaired) electrons. The summed E-state index contributed by atoms with van der Waals surface area (Å²) in [5.41, 5.74) is 4.62. The van der Waals surface area contributed by atoms with Gasteiger partial charge in [-0.2, -0.15) is 0 Å². The Balaban J connectivity index is 1.84. The lowest BCUT2D eigenvalue weighted by molar-refractivity contribution is 0.0982. The zero-order chi connectivity index (χ0) is 21.3. The van der Waals surface area contributed by atoms with Crippen molar-refractivity contribution in [1.82, 2.24) is 4.98 Å². The van der Waals surface area contributed by atoms with E-state index in [1.165, 1.54) is 11.3 Å². The maximum atomic E-state index is 13.7. The van der Waals surface area contributed by atoms with Crippen molar-refractivity contribution in [3.63, 3.8) is 0 Å². The zero-order valence-electron chi connectivity index (χ0n) is 17.0. The minimum absolute atomic E-state index is 0.202. The van der Waals surface area contributed by atoms with Gasteiger partial charge in [0.15, 0.2) is 5.13 Å². The molecule has 0 unspecified atom stereocenters. The molecule has 0 aliphatic heterocycles. The van der Waals surface area contributed by atoms with Crippen molar-refractivity contribution < 1.29 is 9.53 Å². The molecule has 4 aromatic rings. The number of carbonyl (C=O) groups excluding carboxylic acids is 1. The second kappa shape index (κ2) is 8.46. The maximum Gasteiger partial charge on any atom is 0.264 e. The number of nitrogens with zero attached hydrogens (tertiary/aromatic N) is 2. The van der Waals surface area contributed by atoms with Crippen LogP contribution < -0.4 is 9.64 Å². The van der Waals surface area contributed by atoms with Gasteiger partial charge in [-0.05, 0) is 54.8 Å². The first-order chi connectivity index (χ1) is 14.5. The summed E-state index contributed by atoms with van der Waals surface area (Å²) in [4.78, 5) is 20.2. The SMILES string of the molecule is COc1ccc(Cl)cc1C(=O)N(Cc1ccccc1)c1nc2cc(C)cc(C)c2s1. The molecule has 0 saturated carbocycles. The molecule has 152 valence electrons. The number of methoxy groups -OCH3 is 1. The Bertz CT molecular complexity index is 1220. The van der Waals surface area contributed by atoms with E-state index in [0.29, 0.717) is 28.0 Å². The van der Waals surface area contributed by atoms with Crippen molar-refractivity contribution >= 4 is 44.2 Å². The first-order valence-electron chi connectivity index (χ1n) is 9.53. The molecule has 4 rings (SSSR count). The number of amides is 1. The fraction of sp³-hybridized carbons (Fsp3) is 0.167. The van der Waals surface area contributed by atoms with Gasteiger partial charge in [0, 0.05) is 5.02 Å². The highest BCUT2D eigenvalue weighted by atomic mass is 35.5. The van der Waals surface area contributed by atoms with Crippen molar-refractivity contribution in [1.29, 1.82) is 0 Å². The van der Waals surface area contributed by atoms with Crippen LogP contribution in [0.3, 0.4) is 0 Å². The van der Waals surface area contributed by atoms with Crippen molar-refractivity contribution in [2.45, 2.75) is 20.4 Å². The van der Waals surface area contributed by atoms with Crippen LogP contribution in [0.4, 0.5) is 5.13 Å². The number of aromatic nitrogens is 1. The summed E-state index contributed by atoms with van der Waals surface area (Å²) in [5.74, 6) is 0.280. The number of ether oxygens (including phenoxy) is 1. The lowest BCUT2D eigenvalue weighted by atomic mass is 10.1. The van der Waals surface area contributed by atoms with Gasteiger partial charge in [-0.3, -0.25) is 9.69 Å². The van der Waals surface area contributed by atoms with E-state index in [9.17, 15) is 4.79 Å². The van der Waals surface area contributed by atoms with E-state index >= 15 is 0 Å². The molecule has 3 aromatic carbocycles. The van der Waals surface area contributed by atoms with E-state index in [0.717, 1.165) is 26.9 Å². The van der Waals surface area contributed by atoms with Crippen LogP contribution in [-0.4, -0.2) is 18.0 Å². The molecule has 6 heteroatoms. The molecule has 30 heavy (non-hydrogen) atoms. The van der Waals surface area contributed by atoms with Crippen LogP contribution in [0.1, 0.15) is 27.0 Å². The third-order valence-electron chi connectivity index (χ3n) is 4.86. The summed E-state index contributed by atoms with van der Waals surface area (Å²) >= 11 is 7.71. The van der Waals surface area contributed by atoms with E-state index in [2.05, 4.69) is 19.9 Å². The van der Waals surface area contributed by atoms with Gasteiger partial charge in [0.05, 0.1) is 29.4 Å². The molecule has 1 heterocycles. The number of anilines is 1. The van der Waals surface area contributed by atoms with E-state index in [1.807, 2.05) is 36.4 Å². The van der Waals surface area contributed by atoms with E-state index in [1.54, 1.807) is 30.2 Å². The molecule has 0 N–H and O–H groups in total. The molecule has 0 saturated heterocycles. The van der Waals surface area contributed by atoms with E-state index in [4.69, 9.17) is 21.3 Å². The van der Waals surface area contributed by atoms with Crippen molar-refractivity contribution in [3.05, 3.63) is 87.9 Å². The third kappa shape index (κ3) is 4.04. The van der Waals surface area contributed by atoms with Crippen LogP contribution in [0.2, 0.25) is 5.02 Å². The smallest absolute Gasteiger partial charge is 0.264 e. The molecule has 1 aromatic heterocycles. The Morgan fingerprint density at radius 3 is 2.60 bits per heavy atom. The first-order valence-corrected chi connectivity index (χ1v) is 10.7. The average Bonchev–Trinajstić information content (AvgIpc) is 3.16. The predicted octanol–water partition coefficient (Wildman–Crippen LogP) is 6.42. The summed E-state index contributed by atoms with van der Waals surface area (Å²) in [6.45, 7) is 4.52. The Morgan fingerprint density at radius 2 is 1.87 bits per heavy atom. The van der Waals surface area contributed by atoms with Crippen molar-refractivity contribution in [2.75, 3.05) is 12.0 Å². The number of carbonyl (C=O) groups is 1. The van der Waals surface area contributed by atoms with Crippen LogP contribution >= 0.6 is 22.9 Å². The molecule has 0 aliphatic carbocycles. The van der Waals surface area contributed by atoms with Gasteiger partial charge in [0.25, 0.3) is 5.91 Å². The Morgan fingerprint density at radius 1 is 1.10 bits per heavy atom. The summed E-state index contributed by atoms with van der Waals surface area (Å²) < 4.78 is 6.51. The van der Waals surface area contributed by atoms with Crippen molar-refractivity contribution in [3.8, 4) is 5.75 Å². The van der Waals surface area contributed by atoms with Gasteiger partial charge in [0.2, 0.25) is 0 Å². The molecule has 0 fully saturated rings. The predicted molar refractivity (Wildman–Crippen MR) is 124 cm³/mol. The first kappa shape index (κ1) is 20.4. The maximum absolute atomic E-state index is 13.7. The molecular weight excluding hydrogens is 416 g/mol. The monoisotopic (exact) mass is 436 g/mol. The lowest BCUT2D eigenvalue weighted by Crippen LogP contribution is -2.30. The fourth-order valence-electron chi connectivity index (χ4n) is 3.47. The van der Waals surface area contributed by atoms with Gasteiger partial charge >= 0.3 is 0 Å². The summed E-state index contributed by atoms with van der Waals surface area (Å²) in [5, 5.41) is 1.13. The standard InChI is InChI=1S/C24H21ClN2O2S/c1-15-11-16(2)22-20(12-15)26-24(30-22)27(14-17-7-5-4-6-8-17)23(28)19-13-18(25)9-10-21(19)29-3/h4-13H,14H2,1-3H3. The summed E-state index contributed by atoms with van der Waals surface area (Å²) in [6.07, 6.45) is 0. The summed E-state index contributed by atoms with van der Waals surface area (Å²) in [6, 6.07) is 19.1. The highest BCUT2D eigenvalue weighted by Crippen LogP contribution is 2.35. The Kier molecular flexibility index (Phi) is 5.75. The number of aryl methyl sites for hydroxylation is 2. The quantitative estimate of drug-likeness (QED) is 0.362. The molecular formula is C24H21ClN2O2S. The van der Waals surface area contributed by atoms with Crippen LogP contribution in [0.15, 0.2) is 60.7 Å². The molecule has 0 atom stereocenters. The molecule has 0 spiro atoms. The van der Waals surface area contributed by atoms with Gasteiger partial charge in [-0.25, -0.2) is 4.98 Å². The normalized spacial score (nSPS) is 10.9. The number of fused-ring (bicyclic) bond motifs is 1. The molecule has 0 aliphatic rings. The largest absolute Gasteiger partial charge is 0.496 e. The van der Waals surface area contributed by atoms with Crippen LogP contribution in [0.5, 0.6) is 5.75 Å². The van der Waals surface area contributed by atoms with Gasteiger partial charge in [0.1, 0.15) is 5.75 Å². The number of benzene rings is 3. The van der Waals surface area contributed by atoms with Gasteiger partial charge in [-0.15, -0.1) is 0 Å². The molecule has 4 nitrogen and oxygen atoms in total. The number of hydrogen-bond donors (Lipinski definition) is 0. The number of hydrogen-bond acceptors (Lipinski definition) is 4. The van der Waals surface area contributed by atoms with E-state index in [-0.39, 0.29) is 5.91 Å². The van der Waals surface area contributed by atoms with E-state index < -0.39 is 0 Å². The van der Waals surface area contributed by atoms with Gasteiger partial charge in [-0.1, -0.05) is 59.3 Å². The van der Waals surface area contributed by atoms with Crippen LogP contribution in [-0.2, 0) is 6.54 Å². The Labute approximate surface area is 184 Å². The fourth-order valence-corrected chi connectivity index (χ4v) is 4.65. The second-order valence-corrected chi connectivity index (χ2v) is 8.56. The third-order valence-corrected chi connectivity index (χ3v) is 6.32. The minimum Gasteiger partial charge on any atom is -0.496 e. The zero-order valence-corrected chi connectivity index (χ0v) is 18.6. The van der Waals surface area contributed by atoms with Crippen molar-refractivity contribution in [2.24, 2.45) is 0 Å². The highest BCUT2D eigenvalue weighted by Gasteiger charge is 2.25. The lowest BCUT2D eigenvalue weighted by Gasteiger charge is -2.21. The Hall–Kier alpha value is -2.89. The number of rotatable bonds is 5. The average molecular weight is 437 g/mol. The van der Waals surface area contributed by atoms with Crippen LogP contribution in [0.25, 0.3) is 10.2 Å². The number of thiazole rings is 1. The summed E-state index contributed by atoms with van der Waals surface area (Å²) in [7, 11) is 1.55. The highest BCUT2D eigenvalue weighted by molar-refractivity contribution is 7.22. The van der Waals surface area contributed by atoms with Gasteiger partial charge < -0.3 is 4.74 Å². The molecule has 0 bridgehead atoms. The van der Waals surface area contributed by atoms with Crippen LogP contribution in [0, 0.1) is 13.8 Å². The number of halogens is 1. The minimum atomic E-state index is -0.202. The molecule has 1 amide bonds.